The first-order chi connectivity index (χ1) is 12.0. The summed E-state index contributed by atoms with van der Waals surface area (Å²) in [5, 5.41) is 5.37. The van der Waals surface area contributed by atoms with Crippen LogP contribution in [0.3, 0.4) is 0 Å². The summed E-state index contributed by atoms with van der Waals surface area (Å²) in [6.07, 6.45) is 1.17. The summed E-state index contributed by atoms with van der Waals surface area (Å²) < 4.78 is 5.83. The predicted molar refractivity (Wildman–Crippen MR) is 85.0 cm³/mol. The van der Waals surface area contributed by atoms with E-state index in [1.165, 1.54) is 0 Å². The molecule has 0 saturated carbocycles. The van der Waals surface area contributed by atoms with E-state index in [2.05, 4.69) is 10.6 Å². The molecule has 4 rings (SSSR count). The van der Waals surface area contributed by atoms with Gasteiger partial charge in [-0.3, -0.25) is 29.4 Å². The average Bonchev–Trinajstić information content (AvgIpc) is 3.17. The van der Waals surface area contributed by atoms with Crippen LogP contribution in [-0.4, -0.2) is 53.8 Å². The van der Waals surface area contributed by atoms with Gasteiger partial charge in [-0.2, -0.15) is 0 Å². The van der Waals surface area contributed by atoms with Crippen LogP contribution in [0.2, 0.25) is 0 Å². The molecule has 2 fully saturated rings. The minimum Gasteiger partial charge on any atom is -0.489 e. The maximum absolute atomic E-state index is 12.7. The second-order valence-electron chi connectivity index (χ2n) is 6.39. The first-order valence-corrected chi connectivity index (χ1v) is 8.27. The van der Waals surface area contributed by atoms with E-state index in [1.807, 2.05) is 0 Å². The van der Waals surface area contributed by atoms with Gasteiger partial charge in [0.1, 0.15) is 17.9 Å². The molecule has 1 aromatic carbocycles. The highest BCUT2D eigenvalue weighted by atomic mass is 16.5. The van der Waals surface area contributed by atoms with Gasteiger partial charge in [0.15, 0.2) is 0 Å². The van der Waals surface area contributed by atoms with E-state index in [0.29, 0.717) is 5.75 Å². The Balaban J connectivity index is 1.58. The Hall–Kier alpha value is -2.74. The summed E-state index contributed by atoms with van der Waals surface area (Å²) in [4.78, 5) is 49.5. The summed E-state index contributed by atoms with van der Waals surface area (Å²) >= 11 is 0. The van der Waals surface area contributed by atoms with Crippen molar-refractivity contribution in [2.45, 2.75) is 31.4 Å². The smallest absolute Gasteiger partial charge is 0.262 e. The van der Waals surface area contributed by atoms with Crippen LogP contribution in [-0.2, 0) is 9.59 Å². The second-order valence-corrected chi connectivity index (χ2v) is 6.39. The summed E-state index contributed by atoms with van der Waals surface area (Å²) in [5.41, 5.74) is 0.491. The van der Waals surface area contributed by atoms with E-state index >= 15 is 0 Å². The molecule has 2 saturated heterocycles. The monoisotopic (exact) mass is 343 g/mol. The summed E-state index contributed by atoms with van der Waals surface area (Å²) in [5.74, 6) is -1.51. The molecular formula is C17H17N3O5. The molecule has 0 aliphatic carbocycles. The number of nitrogens with zero attached hydrogens (tertiary/aromatic N) is 1. The number of hydrogen-bond acceptors (Lipinski definition) is 6. The number of carbonyl (C=O) groups excluding carboxylic acids is 4. The van der Waals surface area contributed by atoms with Crippen molar-refractivity contribution in [1.82, 2.24) is 15.5 Å². The molecule has 3 aliphatic rings. The topological polar surface area (TPSA) is 105 Å². The van der Waals surface area contributed by atoms with Gasteiger partial charge in [0.05, 0.1) is 11.1 Å². The van der Waals surface area contributed by atoms with Crippen LogP contribution in [0.15, 0.2) is 18.2 Å². The van der Waals surface area contributed by atoms with Crippen molar-refractivity contribution in [2.24, 2.45) is 0 Å². The lowest BCUT2D eigenvalue weighted by molar-refractivity contribution is -0.136. The Morgan fingerprint density at radius 1 is 1.04 bits per heavy atom. The minimum absolute atomic E-state index is 0.0384. The Morgan fingerprint density at radius 3 is 2.56 bits per heavy atom. The molecule has 8 nitrogen and oxygen atoms in total. The molecule has 2 N–H and O–H groups in total. The van der Waals surface area contributed by atoms with Crippen LogP contribution in [0, 0.1) is 0 Å². The molecule has 4 amide bonds. The fourth-order valence-corrected chi connectivity index (χ4v) is 3.44. The van der Waals surface area contributed by atoms with Crippen molar-refractivity contribution in [3.63, 3.8) is 0 Å². The number of hydrogen-bond donors (Lipinski definition) is 2. The molecule has 130 valence electrons. The number of nitrogens with one attached hydrogen (secondary N) is 2. The van der Waals surface area contributed by atoms with Crippen LogP contribution in [0.4, 0.5) is 0 Å². The molecule has 3 heterocycles. The van der Waals surface area contributed by atoms with Gasteiger partial charge in [-0.25, -0.2) is 0 Å². The highest BCUT2D eigenvalue weighted by molar-refractivity contribution is 6.23. The van der Waals surface area contributed by atoms with E-state index in [4.69, 9.17) is 4.74 Å². The van der Waals surface area contributed by atoms with Gasteiger partial charge in [-0.1, -0.05) is 0 Å². The lowest BCUT2D eigenvalue weighted by Gasteiger charge is -2.27. The van der Waals surface area contributed by atoms with Gasteiger partial charge >= 0.3 is 0 Å². The van der Waals surface area contributed by atoms with Gasteiger partial charge in [-0.15, -0.1) is 0 Å². The third-order valence-electron chi connectivity index (χ3n) is 4.73. The van der Waals surface area contributed by atoms with Crippen LogP contribution >= 0.6 is 0 Å². The first kappa shape index (κ1) is 15.8. The largest absolute Gasteiger partial charge is 0.489 e. The van der Waals surface area contributed by atoms with E-state index in [0.717, 1.165) is 24.4 Å². The Morgan fingerprint density at radius 2 is 1.84 bits per heavy atom. The highest BCUT2D eigenvalue weighted by Gasteiger charge is 2.44. The lowest BCUT2D eigenvalue weighted by atomic mass is 10.0. The van der Waals surface area contributed by atoms with Gasteiger partial charge in [-0.05, 0) is 37.6 Å². The number of amides is 4. The zero-order valence-electron chi connectivity index (χ0n) is 13.4. The Labute approximate surface area is 143 Å². The van der Waals surface area contributed by atoms with Gasteiger partial charge in [0.25, 0.3) is 11.8 Å². The third kappa shape index (κ3) is 2.68. The van der Waals surface area contributed by atoms with Gasteiger partial charge in [0, 0.05) is 13.0 Å². The van der Waals surface area contributed by atoms with E-state index < -0.39 is 29.7 Å². The number of imide groups is 2. The Bertz CT molecular complexity index is 784. The zero-order valence-corrected chi connectivity index (χ0v) is 13.4. The van der Waals surface area contributed by atoms with Crippen molar-refractivity contribution >= 4 is 23.6 Å². The molecule has 25 heavy (non-hydrogen) atoms. The summed E-state index contributed by atoms with van der Waals surface area (Å²) in [6, 6.07) is 3.82. The van der Waals surface area contributed by atoms with Crippen molar-refractivity contribution in [3.8, 4) is 5.75 Å². The summed E-state index contributed by atoms with van der Waals surface area (Å²) in [6.45, 7) is 1.63. The molecule has 2 unspecified atom stereocenters. The van der Waals surface area contributed by atoms with E-state index in [1.54, 1.807) is 18.2 Å². The maximum atomic E-state index is 12.7. The molecule has 3 aliphatic heterocycles. The number of ether oxygens (including phenoxy) is 1. The van der Waals surface area contributed by atoms with Gasteiger partial charge in [0.2, 0.25) is 11.8 Å². The molecule has 0 radical (unpaired) electrons. The molecule has 0 spiro atoms. The van der Waals surface area contributed by atoms with Crippen molar-refractivity contribution < 1.29 is 23.9 Å². The fraction of sp³-hybridized carbons (Fsp3) is 0.412. The van der Waals surface area contributed by atoms with Crippen LogP contribution < -0.4 is 15.4 Å². The van der Waals surface area contributed by atoms with Crippen molar-refractivity contribution in [2.75, 3.05) is 13.1 Å². The van der Waals surface area contributed by atoms with Crippen LogP contribution in [0.5, 0.6) is 5.75 Å². The standard InChI is InChI=1S/C17H17N3O5/c21-14-4-3-13(15(22)19-14)20-16(23)11-2-1-9(7-12(11)17(20)24)25-10-5-6-18-8-10/h1-2,7,10,13,18H,3-6,8H2,(H,19,21,22). The number of piperidine rings is 1. The average molecular weight is 343 g/mol. The van der Waals surface area contributed by atoms with E-state index in [-0.39, 0.29) is 30.1 Å². The molecule has 2 atom stereocenters. The highest BCUT2D eigenvalue weighted by Crippen LogP contribution is 2.30. The fourth-order valence-electron chi connectivity index (χ4n) is 3.44. The predicted octanol–water partition coefficient (Wildman–Crippen LogP) is -0.171. The third-order valence-corrected chi connectivity index (χ3v) is 4.73. The Kier molecular flexibility index (Phi) is 3.76. The number of rotatable bonds is 3. The number of fused-ring (bicyclic) bond motifs is 1. The second kappa shape index (κ2) is 5.96. The first-order valence-electron chi connectivity index (χ1n) is 8.27. The normalized spacial score (nSPS) is 26.0. The van der Waals surface area contributed by atoms with Crippen LogP contribution in [0.25, 0.3) is 0 Å². The van der Waals surface area contributed by atoms with E-state index in [9.17, 15) is 19.2 Å². The zero-order chi connectivity index (χ0) is 17.6. The summed E-state index contributed by atoms with van der Waals surface area (Å²) in [7, 11) is 0. The molecule has 1 aromatic rings. The van der Waals surface area contributed by atoms with Crippen LogP contribution in [0.1, 0.15) is 40.0 Å². The SMILES string of the molecule is O=C1CCC(N2C(=O)c3ccc(OC4CCNC4)cc3C2=O)C(=O)N1. The van der Waals surface area contributed by atoms with Crippen molar-refractivity contribution in [1.29, 1.82) is 0 Å². The van der Waals surface area contributed by atoms with Crippen molar-refractivity contribution in [3.05, 3.63) is 29.3 Å². The maximum Gasteiger partial charge on any atom is 0.262 e. The molecule has 8 heteroatoms. The minimum atomic E-state index is -0.950. The molecule has 0 aromatic heterocycles. The quantitative estimate of drug-likeness (QED) is 0.738. The number of carbonyl (C=O) groups is 4. The molecular weight excluding hydrogens is 326 g/mol. The lowest BCUT2D eigenvalue weighted by Crippen LogP contribution is -2.54. The number of benzene rings is 1. The molecule has 0 bridgehead atoms. The van der Waals surface area contributed by atoms with Gasteiger partial charge < -0.3 is 10.1 Å².